The van der Waals surface area contributed by atoms with Gasteiger partial charge in [-0.2, -0.15) is 0 Å². The molecule has 4 heteroatoms. The summed E-state index contributed by atoms with van der Waals surface area (Å²) < 4.78 is 0. The molecule has 0 bridgehead atoms. The van der Waals surface area contributed by atoms with E-state index in [0.29, 0.717) is 17.2 Å². The topological polar surface area (TPSA) is 50.9 Å². The molecular weight excluding hydrogens is 222 g/mol. The summed E-state index contributed by atoms with van der Waals surface area (Å²) in [6, 6.07) is 4.56. The Bertz CT molecular complexity index is 326. The molecule has 1 fully saturated rings. The molecule has 1 heterocycles. The van der Waals surface area contributed by atoms with Gasteiger partial charge in [-0.15, -0.1) is 0 Å². The molecular formula is C12H18ClN3. The van der Waals surface area contributed by atoms with Gasteiger partial charge in [-0.05, 0) is 24.5 Å². The van der Waals surface area contributed by atoms with Crippen molar-refractivity contribution in [3.8, 4) is 0 Å². The molecule has 1 aromatic heterocycles. The molecule has 0 spiro atoms. The summed E-state index contributed by atoms with van der Waals surface area (Å²) in [6.45, 7) is 0.822. The van der Waals surface area contributed by atoms with Crippen molar-refractivity contribution in [3.05, 3.63) is 29.0 Å². The van der Waals surface area contributed by atoms with Crippen LogP contribution in [0.15, 0.2) is 18.3 Å². The molecule has 0 saturated heterocycles. The van der Waals surface area contributed by atoms with E-state index in [1.807, 2.05) is 18.3 Å². The van der Waals surface area contributed by atoms with Crippen LogP contribution in [0.1, 0.15) is 31.2 Å². The van der Waals surface area contributed by atoms with Crippen molar-refractivity contribution in [3.63, 3.8) is 0 Å². The van der Waals surface area contributed by atoms with Gasteiger partial charge in [0, 0.05) is 24.8 Å². The summed E-state index contributed by atoms with van der Waals surface area (Å²) in [5.41, 5.74) is 7.22. The number of nitrogens with zero attached hydrogens (tertiary/aromatic N) is 1. The van der Waals surface area contributed by atoms with Crippen LogP contribution in [0.3, 0.4) is 0 Å². The lowest BCUT2D eigenvalue weighted by Gasteiger charge is -2.29. The maximum absolute atomic E-state index is 6.07. The Morgan fingerprint density at radius 2 is 2.19 bits per heavy atom. The van der Waals surface area contributed by atoms with Gasteiger partial charge in [-0.25, -0.2) is 4.98 Å². The summed E-state index contributed by atoms with van der Waals surface area (Å²) in [4.78, 5) is 4.06. The average molecular weight is 240 g/mol. The van der Waals surface area contributed by atoms with Gasteiger partial charge >= 0.3 is 0 Å². The monoisotopic (exact) mass is 239 g/mol. The highest BCUT2D eigenvalue weighted by molar-refractivity contribution is 6.29. The minimum absolute atomic E-state index is 0.300. The molecule has 0 unspecified atom stereocenters. The normalized spacial score (nSPS) is 25.6. The van der Waals surface area contributed by atoms with E-state index < -0.39 is 0 Å². The zero-order valence-corrected chi connectivity index (χ0v) is 10.1. The van der Waals surface area contributed by atoms with Crippen molar-refractivity contribution in [2.24, 2.45) is 5.73 Å². The van der Waals surface area contributed by atoms with Crippen LogP contribution in [0.2, 0.25) is 5.15 Å². The molecule has 0 aromatic carbocycles. The molecule has 1 aliphatic carbocycles. The number of pyridine rings is 1. The number of hydrogen-bond donors (Lipinski definition) is 2. The van der Waals surface area contributed by atoms with E-state index in [-0.39, 0.29) is 0 Å². The lowest BCUT2D eigenvalue weighted by molar-refractivity contribution is 0.326. The maximum atomic E-state index is 6.07. The first kappa shape index (κ1) is 11.8. The number of hydrogen-bond acceptors (Lipinski definition) is 3. The molecule has 1 saturated carbocycles. The van der Waals surface area contributed by atoms with Gasteiger partial charge in [-0.3, -0.25) is 0 Å². The van der Waals surface area contributed by atoms with Crippen molar-refractivity contribution in [1.29, 1.82) is 0 Å². The molecule has 0 amide bonds. The second-order valence-corrected chi connectivity index (χ2v) is 4.81. The number of nitrogens with one attached hydrogen (secondary N) is 1. The first-order valence-corrected chi connectivity index (χ1v) is 6.23. The summed E-state index contributed by atoms with van der Waals surface area (Å²) in [6.07, 6.45) is 6.68. The van der Waals surface area contributed by atoms with E-state index in [0.717, 1.165) is 18.5 Å². The Morgan fingerprint density at radius 3 is 2.88 bits per heavy atom. The van der Waals surface area contributed by atoms with Gasteiger partial charge in [0.05, 0.1) is 0 Å². The van der Waals surface area contributed by atoms with E-state index in [4.69, 9.17) is 17.3 Å². The Hall–Kier alpha value is -0.640. The van der Waals surface area contributed by atoms with E-state index in [1.54, 1.807) is 0 Å². The van der Waals surface area contributed by atoms with Crippen LogP contribution < -0.4 is 11.1 Å². The fourth-order valence-corrected chi connectivity index (χ4v) is 2.28. The second kappa shape index (κ2) is 5.62. The zero-order valence-electron chi connectivity index (χ0n) is 9.32. The van der Waals surface area contributed by atoms with E-state index in [9.17, 15) is 0 Å². The standard InChI is InChI=1S/C12H18ClN3/c13-12-6-5-9(8-16-12)7-15-11-4-2-1-3-10(11)14/h5-6,8,10-11,15H,1-4,7,14H2/t10-,11-/m0/s1. The smallest absolute Gasteiger partial charge is 0.129 e. The lowest BCUT2D eigenvalue weighted by Crippen LogP contribution is -2.46. The predicted octanol–water partition coefficient (Wildman–Crippen LogP) is 2.09. The third kappa shape index (κ3) is 3.17. The number of nitrogens with two attached hydrogens (primary N) is 1. The van der Waals surface area contributed by atoms with Crippen LogP contribution >= 0.6 is 11.6 Å². The number of rotatable bonds is 3. The van der Waals surface area contributed by atoms with Gasteiger partial charge in [0.15, 0.2) is 0 Å². The SMILES string of the molecule is N[C@H]1CCCC[C@@H]1NCc1ccc(Cl)nc1. The molecule has 0 radical (unpaired) electrons. The Kier molecular flexibility index (Phi) is 4.16. The van der Waals surface area contributed by atoms with Crippen LogP contribution in [0.5, 0.6) is 0 Å². The summed E-state index contributed by atoms with van der Waals surface area (Å²) in [7, 11) is 0. The highest BCUT2D eigenvalue weighted by Gasteiger charge is 2.20. The van der Waals surface area contributed by atoms with Gasteiger partial charge in [-0.1, -0.05) is 30.5 Å². The van der Waals surface area contributed by atoms with Crippen molar-refractivity contribution in [2.75, 3.05) is 0 Å². The molecule has 3 nitrogen and oxygen atoms in total. The fraction of sp³-hybridized carbons (Fsp3) is 0.583. The summed E-state index contributed by atoms with van der Waals surface area (Å²) in [5, 5.41) is 4.04. The molecule has 88 valence electrons. The third-order valence-electron chi connectivity index (χ3n) is 3.18. The minimum Gasteiger partial charge on any atom is -0.326 e. The number of aromatic nitrogens is 1. The predicted molar refractivity (Wildman–Crippen MR) is 66.3 cm³/mol. The first-order chi connectivity index (χ1) is 7.75. The van der Waals surface area contributed by atoms with Crippen molar-refractivity contribution in [1.82, 2.24) is 10.3 Å². The van der Waals surface area contributed by atoms with Crippen LogP contribution in [-0.4, -0.2) is 17.1 Å². The highest BCUT2D eigenvalue weighted by Crippen LogP contribution is 2.17. The quantitative estimate of drug-likeness (QED) is 0.795. The van der Waals surface area contributed by atoms with E-state index in [2.05, 4.69) is 10.3 Å². The second-order valence-electron chi connectivity index (χ2n) is 4.42. The molecule has 16 heavy (non-hydrogen) atoms. The average Bonchev–Trinajstić information content (AvgIpc) is 2.30. The number of halogens is 1. The zero-order chi connectivity index (χ0) is 11.4. The van der Waals surface area contributed by atoms with Crippen LogP contribution in [0.25, 0.3) is 0 Å². The lowest BCUT2D eigenvalue weighted by atomic mass is 9.91. The Labute approximate surface area is 101 Å². The van der Waals surface area contributed by atoms with Gasteiger partial charge in [0.25, 0.3) is 0 Å². The van der Waals surface area contributed by atoms with Gasteiger partial charge < -0.3 is 11.1 Å². The highest BCUT2D eigenvalue weighted by atomic mass is 35.5. The molecule has 3 N–H and O–H groups in total. The van der Waals surface area contributed by atoms with E-state index in [1.165, 1.54) is 19.3 Å². The molecule has 2 atom stereocenters. The maximum Gasteiger partial charge on any atom is 0.129 e. The van der Waals surface area contributed by atoms with Crippen LogP contribution in [0.4, 0.5) is 0 Å². The Morgan fingerprint density at radius 1 is 1.38 bits per heavy atom. The van der Waals surface area contributed by atoms with Crippen molar-refractivity contribution >= 4 is 11.6 Å². The largest absolute Gasteiger partial charge is 0.326 e. The molecule has 2 rings (SSSR count). The Balaban J connectivity index is 1.84. The molecule has 0 aliphatic heterocycles. The van der Waals surface area contributed by atoms with Crippen molar-refractivity contribution in [2.45, 2.75) is 44.3 Å². The fourth-order valence-electron chi connectivity index (χ4n) is 2.17. The molecule has 1 aromatic rings. The van der Waals surface area contributed by atoms with Gasteiger partial charge in [0.1, 0.15) is 5.15 Å². The molecule has 1 aliphatic rings. The first-order valence-electron chi connectivity index (χ1n) is 5.85. The third-order valence-corrected chi connectivity index (χ3v) is 3.40. The van der Waals surface area contributed by atoms with Crippen LogP contribution in [0, 0.1) is 0 Å². The summed E-state index contributed by atoms with van der Waals surface area (Å²) in [5.74, 6) is 0. The van der Waals surface area contributed by atoms with Crippen molar-refractivity contribution < 1.29 is 0 Å². The van der Waals surface area contributed by atoms with Gasteiger partial charge in [0.2, 0.25) is 0 Å². The van der Waals surface area contributed by atoms with E-state index >= 15 is 0 Å². The summed E-state index contributed by atoms with van der Waals surface area (Å²) >= 11 is 5.73. The minimum atomic E-state index is 0.300. The van der Waals surface area contributed by atoms with Crippen LogP contribution in [-0.2, 0) is 6.54 Å².